The summed E-state index contributed by atoms with van der Waals surface area (Å²) in [4.78, 5) is 13.8. The maximum atomic E-state index is 11.6. The quantitative estimate of drug-likeness (QED) is 0.524. The fourth-order valence-electron chi connectivity index (χ4n) is 2.06. The van der Waals surface area contributed by atoms with Crippen LogP contribution in [0.2, 0.25) is 0 Å². The Morgan fingerprint density at radius 3 is 3.00 bits per heavy atom. The summed E-state index contributed by atoms with van der Waals surface area (Å²) in [6, 6.07) is 0.00252. The largest absolute Gasteiger partial charge is 0.465 e. The van der Waals surface area contributed by atoms with E-state index in [2.05, 4.69) is 4.90 Å². The van der Waals surface area contributed by atoms with Gasteiger partial charge in [0.05, 0.1) is 6.61 Å². The summed E-state index contributed by atoms with van der Waals surface area (Å²) in [6.45, 7) is 5.06. The zero-order valence-electron chi connectivity index (χ0n) is 9.58. The minimum Gasteiger partial charge on any atom is -0.465 e. The van der Waals surface area contributed by atoms with Crippen LogP contribution in [0.3, 0.4) is 0 Å². The molecule has 2 N–H and O–H groups in total. The number of ether oxygens (including phenoxy) is 1. The van der Waals surface area contributed by atoms with Crippen molar-refractivity contribution in [2.24, 2.45) is 5.73 Å². The summed E-state index contributed by atoms with van der Waals surface area (Å²) in [7, 11) is 0. The van der Waals surface area contributed by atoms with E-state index in [0.29, 0.717) is 6.61 Å². The Hall–Kier alpha value is -0.610. The average molecular weight is 214 g/mol. The Balaban J connectivity index is 2.32. The third-order valence-electron chi connectivity index (χ3n) is 2.82. The molecule has 1 atom stereocenters. The zero-order valence-corrected chi connectivity index (χ0v) is 9.58. The van der Waals surface area contributed by atoms with Crippen molar-refractivity contribution in [3.05, 3.63) is 0 Å². The third-order valence-corrected chi connectivity index (χ3v) is 2.82. The predicted octanol–water partition coefficient (Wildman–Crippen LogP) is 0.753. The highest BCUT2D eigenvalue weighted by Crippen LogP contribution is 2.18. The topological polar surface area (TPSA) is 55.6 Å². The van der Waals surface area contributed by atoms with E-state index < -0.39 is 0 Å². The highest BCUT2D eigenvalue weighted by atomic mass is 16.5. The van der Waals surface area contributed by atoms with Gasteiger partial charge in [-0.2, -0.15) is 0 Å². The Bertz CT molecular complexity index is 197. The molecule has 1 heterocycles. The summed E-state index contributed by atoms with van der Waals surface area (Å²) in [6.07, 6.45) is 4.16. The first-order valence-corrected chi connectivity index (χ1v) is 5.90. The molecular weight excluding hydrogens is 192 g/mol. The van der Waals surface area contributed by atoms with Gasteiger partial charge in [-0.1, -0.05) is 0 Å². The van der Waals surface area contributed by atoms with Crippen molar-refractivity contribution >= 4 is 5.97 Å². The number of hydrogen-bond donors (Lipinski definition) is 1. The van der Waals surface area contributed by atoms with Gasteiger partial charge in [0.2, 0.25) is 0 Å². The van der Waals surface area contributed by atoms with Gasteiger partial charge < -0.3 is 10.5 Å². The summed E-state index contributed by atoms with van der Waals surface area (Å²) in [5.74, 6) is -0.0530. The molecule has 0 aromatic heterocycles. The van der Waals surface area contributed by atoms with Crippen LogP contribution in [-0.4, -0.2) is 43.2 Å². The molecule has 0 aliphatic carbocycles. The summed E-state index contributed by atoms with van der Waals surface area (Å²) < 4.78 is 5.06. The number of carbonyl (C=O) groups excluding carboxylic acids is 1. The Morgan fingerprint density at radius 2 is 2.33 bits per heavy atom. The van der Waals surface area contributed by atoms with Crippen molar-refractivity contribution in [2.45, 2.75) is 38.6 Å². The second kappa shape index (κ2) is 6.80. The van der Waals surface area contributed by atoms with E-state index in [0.717, 1.165) is 45.3 Å². The summed E-state index contributed by atoms with van der Waals surface area (Å²) in [5, 5.41) is 0. The van der Waals surface area contributed by atoms with Gasteiger partial charge in [-0.05, 0) is 52.2 Å². The highest BCUT2D eigenvalue weighted by molar-refractivity contribution is 5.76. The molecule has 15 heavy (non-hydrogen) atoms. The molecule has 1 saturated heterocycles. The molecule has 0 amide bonds. The number of hydrogen-bond acceptors (Lipinski definition) is 4. The van der Waals surface area contributed by atoms with E-state index in [1.165, 1.54) is 0 Å². The van der Waals surface area contributed by atoms with Gasteiger partial charge in [-0.3, -0.25) is 9.69 Å². The first-order valence-electron chi connectivity index (χ1n) is 5.90. The van der Waals surface area contributed by atoms with Crippen molar-refractivity contribution in [2.75, 3.05) is 26.2 Å². The number of unbranched alkanes of at least 4 members (excludes halogenated alkanes) is 1. The fraction of sp³-hybridized carbons (Fsp3) is 0.909. The van der Waals surface area contributed by atoms with Gasteiger partial charge in [0.25, 0.3) is 0 Å². The first-order chi connectivity index (χ1) is 7.29. The molecular formula is C11H22N2O2. The molecule has 1 fully saturated rings. The maximum Gasteiger partial charge on any atom is 0.323 e. The van der Waals surface area contributed by atoms with E-state index >= 15 is 0 Å². The van der Waals surface area contributed by atoms with Gasteiger partial charge in [-0.15, -0.1) is 0 Å². The lowest BCUT2D eigenvalue weighted by Gasteiger charge is -2.22. The van der Waals surface area contributed by atoms with Crippen LogP contribution in [0.4, 0.5) is 0 Å². The van der Waals surface area contributed by atoms with Crippen LogP contribution in [0.5, 0.6) is 0 Å². The van der Waals surface area contributed by atoms with Gasteiger partial charge in [0, 0.05) is 0 Å². The van der Waals surface area contributed by atoms with Crippen molar-refractivity contribution in [1.29, 1.82) is 0 Å². The molecule has 0 radical (unpaired) electrons. The van der Waals surface area contributed by atoms with Crippen LogP contribution in [0, 0.1) is 0 Å². The van der Waals surface area contributed by atoms with Gasteiger partial charge in [0.15, 0.2) is 0 Å². The molecule has 1 aliphatic heterocycles. The monoisotopic (exact) mass is 214 g/mol. The molecule has 4 heteroatoms. The number of nitrogens with zero attached hydrogens (tertiary/aromatic N) is 1. The van der Waals surface area contributed by atoms with Crippen LogP contribution >= 0.6 is 0 Å². The molecule has 1 rings (SSSR count). The molecule has 0 aromatic carbocycles. The van der Waals surface area contributed by atoms with E-state index in [9.17, 15) is 4.79 Å². The smallest absolute Gasteiger partial charge is 0.323 e. The zero-order chi connectivity index (χ0) is 11.1. The minimum absolute atomic E-state index is 0.00252. The van der Waals surface area contributed by atoms with E-state index in [-0.39, 0.29) is 12.0 Å². The van der Waals surface area contributed by atoms with Crippen molar-refractivity contribution in [3.8, 4) is 0 Å². The van der Waals surface area contributed by atoms with Crippen molar-refractivity contribution in [1.82, 2.24) is 4.90 Å². The lowest BCUT2D eigenvalue weighted by molar-refractivity contribution is -0.148. The first kappa shape index (κ1) is 12.5. The molecule has 88 valence electrons. The van der Waals surface area contributed by atoms with Crippen LogP contribution in [-0.2, 0) is 9.53 Å². The average Bonchev–Trinajstić information content (AvgIpc) is 2.67. The fourth-order valence-corrected chi connectivity index (χ4v) is 2.06. The van der Waals surface area contributed by atoms with Gasteiger partial charge in [-0.25, -0.2) is 0 Å². The normalized spacial score (nSPS) is 21.9. The number of nitrogens with two attached hydrogens (primary N) is 1. The number of carbonyl (C=O) groups is 1. The number of rotatable bonds is 6. The summed E-state index contributed by atoms with van der Waals surface area (Å²) >= 11 is 0. The van der Waals surface area contributed by atoms with Crippen LogP contribution in [0.1, 0.15) is 32.6 Å². The molecule has 0 saturated carbocycles. The maximum absolute atomic E-state index is 11.6. The van der Waals surface area contributed by atoms with Gasteiger partial charge in [0.1, 0.15) is 6.04 Å². The van der Waals surface area contributed by atoms with Crippen molar-refractivity contribution in [3.63, 3.8) is 0 Å². The van der Waals surface area contributed by atoms with E-state index in [1.54, 1.807) is 0 Å². The van der Waals surface area contributed by atoms with Crippen LogP contribution in [0.25, 0.3) is 0 Å². The lowest BCUT2D eigenvalue weighted by Crippen LogP contribution is -2.38. The molecule has 1 unspecified atom stereocenters. The lowest BCUT2D eigenvalue weighted by atomic mass is 10.2. The molecule has 1 aliphatic rings. The van der Waals surface area contributed by atoms with Gasteiger partial charge >= 0.3 is 5.97 Å². The summed E-state index contributed by atoms with van der Waals surface area (Å²) in [5.41, 5.74) is 5.45. The second-order valence-corrected chi connectivity index (χ2v) is 3.94. The van der Waals surface area contributed by atoms with Crippen LogP contribution in [0.15, 0.2) is 0 Å². The number of esters is 1. The van der Waals surface area contributed by atoms with E-state index in [1.807, 2.05) is 6.92 Å². The Morgan fingerprint density at radius 1 is 1.53 bits per heavy atom. The predicted molar refractivity (Wildman–Crippen MR) is 59.5 cm³/mol. The molecule has 0 bridgehead atoms. The third kappa shape index (κ3) is 3.80. The van der Waals surface area contributed by atoms with E-state index in [4.69, 9.17) is 10.5 Å². The molecule has 0 aromatic rings. The Kier molecular flexibility index (Phi) is 5.65. The minimum atomic E-state index is -0.0530. The SMILES string of the molecule is CCOC(=O)C1CCCN1CCCCN. The standard InChI is InChI=1S/C11H22N2O2/c1-2-15-11(14)10-6-5-9-13(10)8-4-3-7-12/h10H,2-9,12H2,1H3. The second-order valence-electron chi connectivity index (χ2n) is 3.94. The Labute approximate surface area is 91.8 Å². The number of likely N-dealkylation sites (tertiary alicyclic amines) is 1. The highest BCUT2D eigenvalue weighted by Gasteiger charge is 2.30. The molecule has 4 nitrogen and oxygen atoms in total. The van der Waals surface area contributed by atoms with Crippen LogP contribution < -0.4 is 5.73 Å². The van der Waals surface area contributed by atoms with Crippen molar-refractivity contribution < 1.29 is 9.53 Å². The molecule has 0 spiro atoms.